The second-order valence-electron chi connectivity index (χ2n) is 5.38. The number of benzene rings is 1. The second-order valence-corrected chi connectivity index (χ2v) is 9.79. The lowest BCUT2D eigenvalue weighted by Gasteiger charge is -2.27. The molecule has 0 N–H and O–H groups in total. The number of hydrogen-bond acceptors (Lipinski definition) is 6. The van der Waals surface area contributed by atoms with E-state index in [9.17, 15) is 21.6 Å². The first kappa shape index (κ1) is 19.2. The number of ether oxygens (including phenoxy) is 1. The average molecular weight is 396 g/mol. The molecule has 7 nitrogen and oxygen atoms in total. The number of sulfone groups is 1. The van der Waals surface area contributed by atoms with Gasteiger partial charge in [0.05, 0.1) is 4.90 Å². The molecule has 0 aromatic heterocycles. The van der Waals surface area contributed by atoms with Crippen molar-refractivity contribution in [2.75, 3.05) is 13.1 Å². The number of carbonyl (C=O) groups is 1. The van der Waals surface area contributed by atoms with Crippen LogP contribution in [0.2, 0.25) is 0 Å². The van der Waals surface area contributed by atoms with Gasteiger partial charge in [-0.3, -0.25) is 0 Å². The van der Waals surface area contributed by atoms with Crippen molar-refractivity contribution in [1.29, 1.82) is 0 Å². The molecule has 0 saturated carbocycles. The maximum atomic E-state index is 12.8. The highest BCUT2D eigenvalue weighted by Crippen LogP contribution is 2.29. The summed E-state index contributed by atoms with van der Waals surface area (Å²) in [5, 5.41) is 0. The molecule has 1 aliphatic heterocycles. The van der Waals surface area contributed by atoms with Crippen LogP contribution in [0, 0.1) is 0 Å². The molecule has 1 aromatic rings. The van der Waals surface area contributed by atoms with Crippen molar-refractivity contribution in [2.45, 2.75) is 41.4 Å². The Morgan fingerprint density at radius 2 is 1.62 bits per heavy atom. The van der Waals surface area contributed by atoms with Gasteiger partial charge in [-0.1, -0.05) is 18.6 Å². The van der Waals surface area contributed by atoms with Gasteiger partial charge >= 0.3 is 5.43 Å². The third-order valence-electron chi connectivity index (χ3n) is 3.78. The molecule has 1 unspecified atom stereocenters. The molecule has 1 atom stereocenters. The summed E-state index contributed by atoms with van der Waals surface area (Å²) < 4.78 is 56.6. The van der Waals surface area contributed by atoms with Gasteiger partial charge in [-0.2, -0.15) is 4.31 Å². The predicted octanol–water partition coefficient (Wildman–Crippen LogP) is 2.36. The van der Waals surface area contributed by atoms with E-state index in [1.807, 2.05) is 0 Å². The normalized spacial score (nSPS) is 18.1. The lowest BCUT2D eigenvalue weighted by atomic mass is 10.2. The Morgan fingerprint density at radius 1 is 1.08 bits per heavy atom. The van der Waals surface area contributed by atoms with Gasteiger partial charge in [-0.25, -0.2) is 21.6 Å². The van der Waals surface area contributed by atoms with Crippen LogP contribution in [0.4, 0.5) is 4.79 Å². The summed E-state index contributed by atoms with van der Waals surface area (Å²) in [4.78, 5) is 10.1. The average Bonchev–Trinajstić information content (AvgIpc) is 2.55. The third-order valence-corrected chi connectivity index (χ3v) is 7.90. The Kier molecular flexibility index (Phi) is 5.90. The number of sulfonamides is 1. The molecule has 0 radical (unpaired) electrons. The predicted molar refractivity (Wildman–Crippen MR) is 88.0 cm³/mol. The standard InChI is InChI=1S/C14H18ClNO6S2/c1-11(22-14(15)17)23(18,19)12-7-3-4-8-13(12)24(20,21)16-9-5-2-6-10-16/h3-4,7-8,11H,2,5-6,9-10H2,1H3. The topological polar surface area (TPSA) is 97.8 Å². The molecule has 0 amide bonds. The van der Waals surface area contributed by atoms with E-state index < -0.39 is 35.6 Å². The fourth-order valence-corrected chi connectivity index (χ4v) is 6.14. The zero-order chi connectivity index (χ0) is 18.0. The van der Waals surface area contributed by atoms with Crippen LogP contribution in [0.1, 0.15) is 26.2 Å². The first-order valence-electron chi connectivity index (χ1n) is 7.36. The highest BCUT2D eigenvalue weighted by Gasteiger charge is 2.35. The van der Waals surface area contributed by atoms with Gasteiger partial charge in [0.1, 0.15) is 4.90 Å². The van der Waals surface area contributed by atoms with Crippen molar-refractivity contribution < 1.29 is 26.4 Å². The third kappa shape index (κ3) is 3.90. The molecule has 1 fully saturated rings. The molecule has 0 spiro atoms. The van der Waals surface area contributed by atoms with Crippen LogP contribution in [0.5, 0.6) is 0 Å². The van der Waals surface area contributed by atoms with Crippen molar-refractivity contribution in [1.82, 2.24) is 4.31 Å². The van der Waals surface area contributed by atoms with Gasteiger partial charge in [0, 0.05) is 24.7 Å². The molecule has 10 heteroatoms. The number of halogens is 1. The minimum absolute atomic E-state index is 0.315. The fraction of sp³-hybridized carbons (Fsp3) is 0.500. The maximum Gasteiger partial charge on any atom is 0.405 e. The molecule has 134 valence electrons. The molecular formula is C14H18ClNO6S2. The van der Waals surface area contributed by atoms with Gasteiger partial charge < -0.3 is 4.74 Å². The van der Waals surface area contributed by atoms with E-state index in [1.54, 1.807) is 0 Å². The van der Waals surface area contributed by atoms with Gasteiger partial charge in [-0.15, -0.1) is 0 Å². The Morgan fingerprint density at radius 3 is 2.17 bits per heavy atom. The van der Waals surface area contributed by atoms with Crippen LogP contribution in [-0.2, 0) is 24.6 Å². The summed E-state index contributed by atoms with van der Waals surface area (Å²) in [6, 6.07) is 5.29. The summed E-state index contributed by atoms with van der Waals surface area (Å²) in [5.74, 6) is 0. The molecule has 1 aromatic carbocycles. The zero-order valence-electron chi connectivity index (χ0n) is 13.0. The van der Waals surface area contributed by atoms with Crippen molar-refractivity contribution in [3.8, 4) is 0 Å². The molecule has 2 rings (SSSR count). The van der Waals surface area contributed by atoms with Crippen LogP contribution >= 0.6 is 11.6 Å². The molecule has 1 heterocycles. The first-order valence-corrected chi connectivity index (χ1v) is 10.7. The quantitative estimate of drug-likeness (QED) is 0.710. The number of carbonyl (C=O) groups excluding carboxylic acids is 1. The maximum absolute atomic E-state index is 12.8. The molecule has 0 bridgehead atoms. The Balaban J connectivity index is 2.49. The number of piperidine rings is 1. The largest absolute Gasteiger partial charge is 0.434 e. The van der Waals surface area contributed by atoms with Crippen molar-refractivity contribution >= 4 is 36.9 Å². The van der Waals surface area contributed by atoms with Crippen LogP contribution in [0.25, 0.3) is 0 Å². The number of nitrogens with zero attached hydrogens (tertiary/aromatic N) is 1. The first-order chi connectivity index (χ1) is 11.2. The smallest absolute Gasteiger partial charge is 0.405 e. The highest BCUT2D eigenvalue weighted by atomic mass is 35.5. The lowest BCUT2D eigenvalue weighted by Crippen LogP contribution is -2.36. The molecule has 1 saturated heterocycles. The van der Waals surface area contributed by atoms with Crippen LogP contribution in [0.3, 0.4) is 0 Å². The van der Waals surface area contributed by atoms with E-state index >= 15 is 0 Å². The van der Waals surface area contributed by atoms with Gasteiger partial charge in [0.15, 0.2) is 0 Å². The Bertz CT molecular complexity index is 815. The van der Waals surface area contributed by atoms with Crippen LogP contribution in [0.15, 0.2) is 34.1 Å². The SMILES string of the molecule is CC(OC(=O)Cl)S(=O)(=O)c1ccccc1S(=O)(=O)N1CCCCC1. The molecule has 24 heavy (non-hydrogen) atoms. The molecule has 0 aliphatic carbocycles. The van der Waals surface area contributed by atoms with Gasteiger partial charge in [-0.05, 0) is 31.9 Å². The van der Waals surface area contributed by atoms with E-state index in [1.165, 1.54) is 28.6 Å². The summed E-state index contributed by atoms with van der Waals surface area (Å²) in [5.41, 5.74) is -2.87. The summed E-state index contributed by atoms with van der Waals surface area (Å²) in [6.45, 7) is 1.83. The van der Waals surface area contributed by atoms with E-state index in [2.05, 4.69) is 4.74 Å². The highest BCUT2D eigenvalue weighted by molar-refractivity contribution is 7.94. The minimum Gasteiger partial charge on any atom is -0.434 e. The van der Waals surface area contributed by atoms with E-state index in [0.717, 1.165) is 26.2 Å². The van der Waals surface area contributed by atoms with Crippen molar-refractivity contribution in [3.63, 3.8) is 0 Å². The Hall–Kier alpha value is -1.16. The number of rotatable bonds is 5. The number of hydrogen-bond donors (Lipinski definition) is 0. The second kappa shape index (κ2) is 7.38. The van der Waals surface area contributed by atoms with E-state index in [4.69, 9.17) is 11.6 Å². The molecule has 1 aliphatic rings. The molecular weight excluding hydrogens is 378 g/mol. The van der Waals surface area contributed by atoms with Gasteiger partial charge in [0.25, 0.3) is 0 Å². The Labute approximate surface area is 146 Å². The minimum atomic E-state index is -4.22. The monoisotopic (exact) mass is 395 g/mol. The van der Waals surface area contributed by atoms with Gasteiger partial charge in [0.2, 0.25) is 25.3 Å². The van der Waals surface area contributed by atoms with E-state index in [0.29, 0.717) is 13.1 Å². The van der Waals surface area contributed by atoms with Crippen LogP contribution in [-0.4, -0.2) is 45.1 Å². The fourth-order valence-electron chi connectivity index (χ4n) is 2.52. The summed E-state index contributed by atoms with van der Waals surface area (Å²) in [7, 11) is -8.18. The van der Waals surface area contributed by atoms with Crippen molar-refractivity contribution in [2.24, 2.45) is 0 Å². The lowest BCUT2D eigenvalue weighted by molar-refractivity contribution is 0.164. The summed E-state index contributed by atoms with van der Waals surface area (Å²) in [6.07, 6.45) is 2.40. The van der Waals surface area contributed by atoms with Crippen molar-refractivity contribution in [3.05, 3.63) is 24.3 Å². The van der Waals surface area contributed by atoms with E-state index in [-0.39, 0.29) is 4.90 Å². The zero-order valence-corrected chi connectivity index (χ0v) is 15.4. The summed E-state index contributed by atoms with van der Waals surface area (Å²) >= 11 is 5.07. The van der Waals surface area contributed by atoms with Crippen LogP contribution < -0.4 is 0 Å².